The van der Waals surface area contributed by atoms with Crippen LogP contribution in [0.4, 0.5) is 0 Å². The fraction of sp³-hybridized carbons (Fsp3) is 0.462. The van der Waals surface area contributed by atoms with E-state index in [2.05, 4.69) is 15.3 Å². The van der Waals surface area contributed by atoms with Crippen LogP contribution in [0.1, 0.15) is 12.8 Å². The second kappa shape index (κ2) is 6.23. The van der Waals surface area contributed by atoms with Crippen molar-refractivity contribution in [2.24, 2.45) is 0 Å². The lowest BCUT2D eigenvalue weighted by Gasteiger charge is -2.09. The molecule has 20 heavy (non-hydrogen) atoms. The third-order valence-corrected chi connectivity index (χ3v) is 3.85. The van der Waals surface area contributed by atoms with Gasteiger partial charge in [-0.1, -0.05) is 11.8 Å². The predicted molar refractivity (Wildman–Crippen MR) is 74.5 cm³/mol. The molecule has 6 nitrogen and oxygen atoms in total. The van der Waals surface area contributed by atoms with Crippen molar-refractivity contribution in [3.8, 4) is 0 Å². The van der Waals surface area contributed by atoms with Gasteiger partial charge in [-0.15, -0.1) is 0 Å². The van der Waals surface area contributed by atoms with Gasteiger partial charge in [0.25, 0.3) is 5.22 Å². The van der Waals surface area contributed by atoms with Crippen LogP contribution >= 0.6 is 11.8 Å². The molecule has 0 aliphatic carbocycles. The summed E-state index contributed by atoms with van der Waals surface area (Å²) in [5.41, 5.74) is 1.20. The van der Waals surface area contributed by atoms with Crippen molar-refractivity contribution in [3.63, 3.8) is 0 Å². The van der Waals surface area contributed by atoms with Crippen LogP contribution in [0.3, 0.4) is 0 Å². The lowest BCUT2D eigenvalue weighted by molar-refractivity contribution is -0.119. The first kappa shape index (κ1) is 13.4. The maximum absolute atomic E-state index is 11.7. The minimum atomic E-state index is -0.0410. The van der Waals surface area contributed by atoms with E-state index in [4.69, 9.17) is 9.15 Å². The van der Waals surface area contributed by atoms with E-state index in [0.29, 0.717) is 23.0 Å². The molecule has 1 saturated heterocycles. The van der Waals surface area contributed by atoms with E-state index < -0.39 is 0 Å². The van der Waals surface area contributed by atoms with Crippen LogP contribution < -0.4 is 5.32 Å². The summed E-state index contributed by atoms with van der Waals surface area (Å²) in [6.07, 6.45) is 3.92. The van der Waals surface area contributed by atoms with E-state index >= 15 is 0 Å². The standard InChI is InChI=1S/C13H15N3O3S/c17-11(15-7-9-3-2-6-18-9)8-20-13-16-12-10(19-13)4-1-5-14-12/h1,4-5,9H,2-3,6-8H2,(H,15,17)/t9-/m1/s1. The average Bonchev–Trinajstić information content (AvgIpc) is 3.11. The molecule has 0 unspecified atom stereocenters. The van der Waals surface area contributed by atoms with Gasteiger partial charge in [-0.3, -0.25) is 4.79 Å². The number of nitrogens with one attached hydrogen (secondary N) is 1. The monoisotopic (exact) mass is 293 g/mol. The van der Waals surface area contributed by atoms with Gasteiger partial charge in [-0.05, 0) is 25.0 Å². The summed E-state index contributed by atoms with van der Waals surface area (Å²) in [6, 6.07) is 3.59. The lowest BCUT2D eigenvalue weighted by Crippen LogP contribution is -2.32. The van der Waals surface area contributed by atoms with Crippen LogP contribution in [0, 0.1) is 0 Å². The molecule has 0 aromatic carbocycles. The zero-order chi connectivity index (χ0) is 13.8. The van der Waals surface area contributed by atoms with E-state index in [1.165, 1.54) is 11.8 Å². The van der Waals surface area contributed by atoms with Gasteiger partial charge in [0, 0.05) is 19.3 Å². The molecule has 1 amide bonds. The van der Waals surface area contributed by atoms with Crippen molar-refractivity contribution in [2.75, 3.05) is 18.9 Å². The highest BCUT2D eigenvalue weighted by Crippen LogP contribution is 2.21. The summed E-state index contributed by atoms with van der Waals surface area (Å²) in [5.74, 6) is 0.236. The van der Waals surface area contributed by atoms with Crippen molar-refractivity contribution in [1.82, 2.24) is 15.3 Å². The number of nitrogens with zero attached hydrogens (tertiary/aromatic N) is 2. The first-order valence-corrected chi connectivity index (χ1v) is 7.52. The molecule has 2 aromatic rings. The quantitative estimate of drug-likeness (QED) is 0.844. The molecule has 3 rings (SSSR count). The van der Waals surface area contributed by atoms with E-state index in [9.17, 15) is 4.79 Å². The van der Waals surface area contributed by atoms with E-state index in [0.717, 1.165) is 19.4 Å². The van der Waals surface area contributed by atoms with Crippen LogP contribution in [0.2, 0.25) is 0 Å². The number of thioether (sulfide) groups is 1. The van der Waals surface area contributed by atoms with Gasteiger partial charge in [-0.2, -0.15) is 4.98 Å². The molecule has 3 heterocycles. The molecule has 0 radical (unpaired) electrons. The average molecular weight is 293 g/mol. The minimum Gasteiger partial charge on any atom is -0.430 e. The number of pyridine rings is 1. The molecule has 2 aromatic heterocycles. The van der Waals surface area contributed by atoms with Gasteiger partial charge in [0.1, 0.15) is 0 Å². The van der Waals surface area contributed by atoms with Crippen molar-refractivity contribution in [1.29, 1.82) is 0 Å². The van der Waals surface area contributed by atoms with Crippen LogP contribution in [0.5, 0.6) is 0 Å². The van der Waals surface area contributed by atoms with E-state index in [1.54, 1.807) is 18.3 Å². The second-order valence-corrected chi connectivity index (χ2v) is 5.46. The maximum atomic E-state index is 11.7. The molecular weight excluding hydrogens is 278 g/mol. The molecule has 1 N–H and O–H groups in total. The molecule has 1 atom stereocenters. The third-order valence-electron chi connectivity index (χ3n) is 3.02. The molecule has 1 aliphatic heterocycles. The first-order chi connectivity index (χ1) is 9.81. The van der Waals surface area contributed by atoms with Gasteiger partial charge in [0.05, 0.1) is 11.9 Å². The Balaban J connectivity index is 1.47. The molecule has 1 fully saturated rings. The van der Waals surface area contributed by atoms with Crippen LogP contribution in [0.25, 0.3) is 11.2 Å². The third kappa shape index (κ3) is 3.29. The SMILES string of the molecule is O=C(CSc1nc2ncccc2o1)NC[C@H]1CCCO1. The fourth-order valence-electron chi connectivity index (χ4n) is 2.02. The highest BCUT2D eigenvalue weighted by atomic mass is 32.2. The Morgan fingerprint density at radius 2 is 2.50 bits per heavy atom. The Hall–Kier alpha value is -1.60. The summed E-state index contributed by atoms with van der Waals surface area (Å²) in [6.45, 7) is 1.37. The molecule has 0 saturated carbocycles. The Bertz CT molecular complexity index is 562. The van der Waals surface area contributed by atoms with Crippen molar-refractivity contribution in [2.45, 2.75) is 24.2 Å². The zero-order valence-corrected chi connectivity index (χ0v) is 11.7. The molecule has 1 aliphatic rings. The number of rotatable bonds is 5. The summed E-state index contributed by atoms with van der Waals surface area (Å²) < 4.78 is 10.9. The molecule has 106 valence electrons. The van der Waals surface area contributed by atoms with Gasteiger partial charge >= 0.3 is 0 Å². The highest BCUT2D eigenvalue weighted by molar-refractivity contribution is 7.99. The zero-order valence-electron chi connectivity index (χ0n) is 10.9. The number of hydrogen-bond donors (Lipinski definition) is 1. The van der Waals surface area contributed by atoms with E-state index in [-0.39, 0.29) is 17.8 Å². The Kier molecular flexibility index (Phi) is 4.17. The van der Waals surface area contributed by atoms with Crippen molar-refractivity contribution >= 4 is 28.9 Å². The Morgan fingerprint density at radius 3 is 3.30 bits per heavy atom. The Morgan fingerprint density at radius 1 is 1.55 bits per heavy atom. The molecule has 0 spiro atoms. The summed E-state index contributed by atoms with van der Waals surface area (Å²) in [5, 5.41) is 3.32. The number of amides is 1. The van der Waals surface area contributed by atoms with Gasteiger partial charge in [0.15, 0.2) is 11.2 Å². The molecule has 0 bridgehead atoms. The highest BCUT2D eigenvalue weighted by Gasteiger charge is 2.16. The smallest absolute Gasteiger partial charge is 0.258 e. The summed E-state index contributed by atoms with van der Waals surface area (Å²) >= 11 is 1.27. The topological polar surface area (TPSA) is 77.2 Å². The fourth-order valence-corrected chi connectivity index (χ4v) is 2.68. The normalized spacial score (nSPS) is 18.5. The van der Waals surface area contributed by atoms with Crippen LogP contribution in [0.15, 0.2) is 28.0 Å². The van der Waals surface area contributed by atoms with E-state index in [1.807, 2.05) is 0 Å². The van der Waals surface area contributed by atoms with Crippen molar-refractivity contribution < 1.29 is 13.9 Å². The van der Waals surface area contributed by atoms with Crippen LogP contribution in [-0.4, -0.2) is 40.9 Å². The number of fused-ring (bicyclic) bond motifs is 1. The minimum absolute atomic E-state index is 0.0410. The summed E-state index contributed by atoms with van der Waals surface area (Å²) in [4.78, 5) is 20.0. The molecule has 7 heteroatoms. The van der Waals surface area contributed by atoms with Gasteiger partial charge in [-0.25, -0.2) is 4.98 Å². The second-order valence-electron chi connectivity index (χ2n) is 4.53. The molecular formula is C13H15N3O3S. The van der Waals surface area contributed by atoms with Crippen molar-refractivity contribution in [3.05, 3.63) is 18.3 Å². The lowest BCUT2D eigenvalue weighted by atomic mass is 10.2. The van der Waals surface area contributed by atoms with Gasteiger partial charge < -0.3 is 14.5 Å². The number of ether oxygens (including phenoxy) is 1. The number of aromatic nitrogens is 2. The number of carbonyl (C=O) groups is 1. The number of oxazole rings is 1. The number of carbonyl (C=O) groups excluding carboxylic acids is 1. The predicted octanol–water partition coefficient (Wildman–Crippen LogP) is 1.61. The first-order valence-electron chi connectivity index (χ1n) is 6.54. The Labute approximate surface area is 120 Å². The number of hydrogen-bond acceptors (Lipinski definition) is 6. The van der Waals surface area contributed by atoms with Gasteiger partial charge in [0.2, 0.25) is 5.91 Å². The largest absolute Gasteiger partial charge is 0.430 e. The van der Waals surface area contributed by atoms with Crippen LogP contribution in [-0.2, 0) is 9.53 Å². The summed E-state index contributed by atoms with van der Waals surface area (Å²) in [7, 11) is 0. The maximum Gasteiger partial charge on any atom is 0.258 e.